The molecular formula is C14H12O3. The Bertz CT molecular complexity index is 529. The number of carboxylic acid groups (broad SMARTS) is 1. The van der Waals surface area contributed by atoms with Crippen LogP contribution in [0.2, 0.25) is 0 Å². The van der Waals surface area contributed by atoms with Crippen LogP contribution in [0, 0.1) is 0 Å². The monoisotopic (exact) mass is 228 g/mol. The maximum Gasteiger partial charge on any atom is 0.307 e. The minimum atomic E-state index is -0.838. The van der Waals surface area contributed by atoms with Crippen molar-refractivity contribution in [3.05, 3.63) is 54.1 Å². The average molecular weight is 228 g/mol. The van der Waals surface area contributed by atoms with E-state index in [2.05, 4.69) is 0 Å². The summed E-state index contributed by atoms with van der Waals surface area (Å²) in [4.78, 5) is 10.5. The molecule has 0 radical (unpaired) electrons. The van der Waals surface area contributed by atoms with Crippen LogP contribution >= 0.6 is 0 Å². The van der Waals surface area contributed by atoms with Gasteiger partial charge in [0, 0.05) is 0 Å². The molecule has 2 rings (SSSR count). The Morgan fingerprint density at radius 3 is 2.29 bits per heavy atom. The lowest BCUT2D eigenvalue weighted by molar-refractivity contribution is -0.136. The molecule has 0 aliphatic rings. The smallest absolute Gasteiger partial charge is 0.307 e. The van der Waals surface area contributed by atoms with Crippen LogP contribution in [-0.4, -0.2) is 16.2 Å². The first kappa shape index (κ1) is 11.2. The summed E-state index contributed by atoms with van der Waals surface area (Å²) in [5.41, 5.74) is 2.63. The molecule has 0 amide bonds. The van der Waals surface area contributed by atoms with Crippen molar-refractivity contribution in [1.82, 2.24) is 0 Å². The SMILES string of the molecule is O=C(O)Cc1ccc(-c2cccc(O)c2)cc1. The van der Waals surface area contributed by atoms with Gasteiger partial charge in [0.2, 0.25) is 0 Å². The molecule has 0 saturated heterocycles. The maximum absolute atomic E-state index is 10.5. The number of phenols is 1. The van der Waals surface area contributed by atoms with Gasteiger partial charge in [-0.2, -0.15) is 0 Å². The molecule has 0 atom stereocenters. The van der Waals surface area contributed by atoms with E-state index in [0.29, 0.717) is 0 Å². The van der Waals surface area contributed by atoms with Crippen LogP contribution < -0.4 is 0 Å². The third kappa shape index (κ3) is 2.84. The van der Waals surface area contributed by atoms with Crippen molar-refractivity contribution in [1.29, 1.82) is 0 Å². The summed E-state index contributed by atoms with van der Waals surface area (Å²) >= 11 is 0. The van der Waals surface area contributed by atoms with Gasteiger partial charge in [-0.25, -0.2) is 0 Å². The van der Waals surface area contributed by atoms with Crippen molar-refractivity contribution in [2.24, 2.45) is 0 Å². The summed E-state index contributed by atoms with van der Waals surface area (Å²) in [6.07, 6.45) is 0.0281. The molecule has 2 aromatic carbocycles. The molecule has 17 heavy (non-hydrogen) atoms. The van der Waals surface area contributed by atoms with Crippen molar-refractivity contribution >= 4 is 5.97 Å². The molecule has 3 nitrogen and oxygen atoms in total. The molecule has 0 spiro atoms. The largest absolute Gasteiger partial charge is 0.508 e. The second-order valence-corrected chi connectivity index (χ2v) is 3.82. The van der Waals surface area contributed by atoms with E-state index in [4.69, 9.17) is 5.11 Å². The fraction of sp³-hybridized carbons (Fsp3) is 0.0714. The van der Waals surface area contributed by atoms with Crippen molar-refractivity contribution in [2.45, 2.75) is 6.42 Å². The Kier molecular flexibility index (Phi) is 3.10. The van der Waals surface area contributed by atoms with Crippen molar-refractivity contribution < 1.29 is 15.0 Å². The van der Waals surface area contributed by atoms with Crippen molar-refractivity contribution in [2.75, 3.05) is 0 Å². The van der Waals surface area contributed by atoms with Gasteiger partial charge in [-0.3, -0.25) is 4.79 Å². The zero-order valence-corrected chi connectivity index (χ0v) is 9.13. The van der Waals surface area contributed by atoms with E-state index in [1.165, 1.54) is 0 Å². The number of carboxylic acids is 1. The topological polar surface area (TPSA) is 57.5 Å². The number of aliphatic carboxylic acids is 1. The van der Waals surface area contributed by atoms with Crippen LogP contribution in [0.4, 0.5) is 0 Å². The Labute approximate surface area is 99.0 Å². The number of carbonyl (C=O) groups is 1. The molecule has 3 heteroatoms. The number of phenolic OH excluding ortho intramolecular Hbond substituents is 1. The van der Waals surface area contributed by atoms with Crippen molar-refractivity contribution in [3.63, 3.8) is 0 Å². The lowest BCUT2D eigenvalue weighted by atomic mass is 10.0. The molecular weight excluding hydrogens is 216 g/mol. The zero-order valence-electron chi connectivity index (χ0n) is 9.13. The van der Waals surface area contributed by atoms with Crippen LogP contribution in [0.5, 0.6) is 5.75 Å². The molecule has 0 aliphatic carbocycles. The van der Waals surface area contributed by atoms with Crippen LogP contribution in [0.3, 0.4) is 0 Å². The summed E-state index contributed by atoms with van der Waals surface area (Å²) in [5, 5.41) is 18.0. The fourth-order valence-corrected chi connectivity index (χ4v) is 1.68. The number of hydrogen-bond acceptors (Lipinski definition) is 2. The van der Waals surface area contributed by atoms with Gasteiger partial charge >= 0.3 is 5.97 Å². The van der Waals surface area contributed by atoms with E-state index in [1.54, 1.807) is 30.3 Å². The summed E-state index contributed by atoms with van der Waals surface area (Å²) in [5.74, 6) is -0.618. The molecule has 0 aromatic heterocycles. The minimum absolute atomic E-state index is 0.0281. The standard InChI is InChI=1S/C14H12O3/c15-13-3-1-2-12(9-13)11-6-4-10(5-7-11)8-14(16)17/h1-7,9,15H,8H2,(H,16,17). The number of aromatic hydroxyl groups is 1. The van der Waals surface area contributed by atoms with E-state index in [-0.39, 0.29) is 12.2 Å². The van der Waals surface area contributed by atoms with Gasteiger partial charge in [-0.1, -0.05) is 36.4 Å². The first-order valence-corrected chi connectivity index (χ1v) is 5.25. The molecule has 0 heterocycles. The molecule has 0 saturated carbocycles. The minimum Gasteiger partial charge on any atom is -0.508 e. The molecule has 2 aromatic rings. The maximum atomic E-state index is 10.5. The van der Waals surface area contributed by atoms with E-state index >= 15 is 0 Å². The predicted molar refractivity (Wildman–Crippen MR) is 64.9 cm³/mol. The second-order valence-electron chi connectivity index (χ2n) is 3.82. The third-order valence-electron chi connectivity index (χ3n) is 2.49. The van der Waals surface area contributed by atoms with Crippen LogP contribution in [-0.2, 0) is 11.2 Å². The highest BCUT2D eigenvalue weighted by molar-refractivity contribution is 5.71. The first-order chi connectivity index (χ1) is 8.15. The van der Waals surface area contributed by atoms with E-state index < -0.39 is 5.97 Å². The van der Waals surface area contributed by atoms with Gasteiger partial charge in [-0.05, 0) is 28.8 Å². The summed E-state index contributed by atoms with van der Waals surface area (Å²) in [6, 6.07) is 14.2. The number of hydrogen-bond donors (Lipinski definition) is 2. The van der Waals surface area contributed by atoms with Crippen LogP contribution in [0.25, 0.3) is 11.1 Å². The van der Waals surface area contributed by atoms with Crippen molar-refractivity contribution in [3.8, 4) is 16.9 Å². The summed E-state index contributed by atoms with van der Waals surface area (Å²) in [7, 11) is 0. The Hall–Kier alpha value is -2.29. The molecule has 0 unspecified atom stereocenters. The van der Waals surface area contributed by atoms with Gasteiger partial charge in [0.1, 0.15) is 5.75 Å². The van der Waals surface area contributed by atoms with Crippen LogP contribution in [0.15, 0.2) is 48.5 Å². The average Bonchev–Trinajstić information content (AvgIpc) is 2.29. The molecule has 2 N–H and O–H groups in total. The van der Waals surface area contributed by atoms with E-state index in [0.717, 1.165) is 16.7 Å². The molecule has 0 bridgehead atoms. The number of benzene rings is 2. The Morgan fingerprint density at radius 2 is 1.71 bits per heavy atom. The number of rotatable bonds is 3. The Morgan fingerprint density at radius 1 is 1.00 bits per heavy atom. The van der Waals surface area contributed by atoms with Gasteiger partial charge in [0.15, 0.2) is 0 Å². The highest BCUT2D eigenvalue weighted by Crippen LogP contribution is 2.23. The predicted octanol–water partition coefficient (Wildman–Crippen LogP) is 2.69. The van der Waals surface area contributed by atoms with Gasteiger partial charge < -0.3 is 10.2 Å². The Balaban J connectivity index is 2.26. The lowest BCUT2D eigenvalue weighted by Crippen LogP contribution is -1.99. The zero-order chi connectivity index (χ0) is 12.3. The van der Waals surface area contributed by atoms with E-state index in [1.807, 2.05) is 18.2 Å². The lowest BCUT2D eigenvalue weighted by Gasteiger charge is -2.03. The molecule has 0 aliphatic heterocycles. The molecule has 86 valence electrons. The quantitative estimate of drug-likeness (QED) is 0.849. The third-order valence-corrected chi connectivity index (χ3v) is 2.49. The van der Waals surface area contributed by atoms with E-state index in [9.17, 15) is 9.90 Å². The first-order valence-electron chi connectivity index (χ1n) is 5.25. The van der Waals surface area contributed by atoms with Gasteiger partial charge in [-0.15, -0.1) is 0 Å². The highest BCUT2D eigenvalue weighted by atomic mass is 16.4. The van der Waals surface area contributed by atoms with Gasteiger partial charge in [0.25, 0.3) is 0 Å². The second kappa shape index (κ2) is 4.70. The highest BCUT2D eigenvalue weighted by Gasteiger charge is 2.02. The normalized spacial score (nSPS) is 10.1. The summed E-state index contributed by atoms with van der Waals surface area (Å²) in [6.45, 7) is 0. The fourth-order valence-electron chi connectivity index (χ4n) is 1.68. The van der Waals surface area contributed by atoms with Crippen LogP contribution in [0.1, 0.15) is 5.56 Å². The summed E-state index contributed by atoms with van der Waals surface area (Å²) < 4.78 is 0. The molecule has 0 fully saturated rings. The van der Waals surface area contributed by atoms with Gasteiger partial charge in [0.05, 0.1) is 6.42 Å².